The lowest BCUT2D eigenvalue weighted by Crippen LogP contribution is -2.06. The van der Waals surface area contributed by atoms with E-state index in [4.69, 9.17) is 4.74 Å². The Hall–Kier alpha value is -2.01. The zero-order valence-corrected chi connectivity index (χ0v) is 13.5. The van der Waals surface area contributed by atoms with Crippen LogP contribution in [0, 0.1) is 0 Å². The Bertz CT molecular complexity index is 627. The first-order valence-corrected chi connectivity index (χ1v) is 7.31. The number of methoxy groups -OCH3 is 1. The van der Waals surface area contributed by atoms with Crippen molar-refractivity contribution in [2.45, 2.75) is 13.5 Å². The van der Waals surface area contributed by atoms with Crippen molar-refractivity contribution in [1.82, 2.24) is 0 Å². The predicted octanol–water partition coefficient (Wildman–Crippen LogP) is 4.03. The highest BCUT2D eigenvalue weighted by Gasteiger charge is 2.02. The van der Waals surface area contributed by atoms with Crippen molar-refractivity contribution in [2.75, 3.05) is 17.7 Å². The number of amides is 1. The van der Waals surface area contributed by atoms with Crippen LogP contribution in [0.5, 0.6) is 5.75 Å². The minimum absolute atomic E-state index is 0.0683. The third-order valence-corrected chi connectivity index (χ3v) is 3.62. The first-order chi connectivity index (χ1) is 10.1. The van der Waals surface area contributed by atoms with Crippen molar-refractivity contribution >= 4 is 33.2 Å². The second-order valence-corrected chi connectivity index (χ2v) is 5.43. The second-order valence-electron chi connectivity index (χ2n) is 4.58. The maximum Gasteiger partial charge on any atom is 0.221 e. The maximum atomic E-state index is 11.0. The van der Waals surface area contributed by atoms with Gasteiger partial charge in [0.1, 0.15) is 5.75 Å². The van der Waals surface area contributed by atoms with Gasteiger partial charge in [0.15, 0.2) is 0 Å². The Morgan fingerprint density at radius 3 is 2.52 bits per heavy atom. The van der Waals surface area contributed by atoms with Crippen LogP contribution in [0.1, 0.15) is 12.5 Å². The van der Waals surface area contributed by atoms with E-state index in [1.54, 1.807) is 7.11 Å². The van der Waals surface area contributed by atoms with E-state index >= 15 is 0 Å². The lowest BCUT2D eigenvalue weighted by molar-refractivity contribution is -0.114. The average Bonchev–Trinajstić information content (AvgIpc) is 2.47. The van der Waals surface area contributed by atoms with Gasteiger partial charge in [-0.15, -0.1) is 0 Å². The molecule has 0 aliphatic rings. The molecule has 0 heterocycles. The van der Waals surface area contributed by atoms with Crippen molar-refractivity contribution in [3.05, 3.63) is 52.5 Å². The summed E-state index contributed by atoms with van der Waals surface area (Å²) in [6.45, 7) is 2.18. The van der Waals surface area contributed by atoms with Gasteiger partial charge in [-0.3, -0.25) is 4.79 Å². The normalized spacial score (nSPS) is 10.0. The van der Waals surface area contributed by atoms with Crippen molar-refractivity contribution in [3.63, 3.8) is 0 Å². The van der Waals surface area contributed by atoms with E-state index in [1.807, 2.05) is 42.5 Å². The van der Waals surface area contributed by atoms with Gasteiger partial charge in [0.25, 0.3) is 0 Å². The number of rotatable bonds is 5. The van der Waals surface area contributed by atoms with Gasteiger partial charge < -0.3 is 15.4 Å². The molecule has 0 radical (unpaired) electrons. The zero-order valence-electron chi connectivity index (χ0n) is 11.9. The summed E-state index contributed by atoms with van der Waals surface area (Å²) >= 11 is 3.51. The molecule has 0 saturated heterocycles. The molecule has 5 heteroatoms. The molecule has 0 aliphatic carbocycles. The molecule has 0 bridgehead atoms. The fourth-order valence-electron chi connectivity index (χ4n) is 1.87. The molecule has 1 amide bonds. The van der Waals surface area contributed by atoms with Gasteiger partial charge >= 0.3 is 0 Å². The number of carbonyl (C=O) groups is 1. The highest BCUT2D eigenvalue weighted by molar-refractivity contribution is 9.10. The number of hydrogen-bond acceptors (Lipinski definition) is 3. The Morgan fingerprint density at radius 2 is 1.90 bits per heavy atom. The van der Waals surface area contributed by atoms with E-state index in [1.165, 1.54) is 6.92 Å². The van der Waals surface area contributed by atoms with E-state index in [0.717, 1.165) is 27.2 Å². The summed E-state index contributed by atoms with van der Waals surface area (Å²) in [6, 6.07) is 13.5. The molecule has 0 atom stereocenters. The van der Waals surface area contributed by atoms with E-state index in [2.05, 4.69) is 26.6 Å². The highest BCUT2D eigenvalue weighted by atomic mass is 79.9. The summed E-state index contributed by atoms with van der Waals surface area (Å²) < 4.78 is 6.20. The zero-order chi connectivity index (χ0) is 15.2. The van der Waals surface area contributed by atoms with Crippen LogP contribution in [0.25, 0.3) is 0 Å². The molecular formula is C16H17BrN2O2. The lowest BCUT2D eigenvalue weighted by atomic mass is 10.2. The number of nitrogens with one attached hydrogen (secondary N) is 2. The van der Waals surface area contributed by atoms with Gasteiger partial charge in [0.05, 0.1) is 12.8 Å². The third kappa shape index (κ3) is 4.49. The highest BCUT2D eigenvalue weighted by Crippen LogP contribution is 2.27. The summed E-state index contributed by atoms with van der Waals surface area (Å²) in [7, 11) is 1.65. The largest absolute Gasteiger partial charge is 0.497 e. The molecule has 4 nitrogen and oxygen atoms in total. The molecule has 0 spiro atoms. The molecule has 110 valence electrons. The monoisotopic (exact) mass is 348 g/mol. The molecule has 2 aromatic rings. The van der Waals surface area contributed by atoms with Crippen LogP contribution in [0.4, 0.5) is 11.4 Å². The van der Waals surface area contributed by atoms with Crippen LogP contribution in [0.2, 0.25) is 0 Å². The number of anilines is 2. The number of ether oxygens (including phenoxy) is 1. The molecule has 0 saturated carbocycles. The molecule has 0 unspecified atom stereocenters. The first kappa shape index (κ1) is 15.4. The lowest BCUT2D eigenvalue weighted by Gasteiger charge is -2.11. The summed E-state index contributed by atoms with van der Waals surface area (Å²) in [5.41, 5.74) is 2.90. The van der Waals surface area contributed by atoms with E-state index in [-0.39, 0.29) is 5.91 Å². The maximum absolute atomic E-state index is 11.0. The first-order valence-electron chi connectivity index (χ1n) is 6.52. The SMILES string of the molecule is COc1ccc(Br)c(NCc2ccc(NC(C)=O)cc2)c1. The molecule has 0 aromatic heterocycles. The Labute approximate surface area is 132 Å². The molecule has 2 rings (SSSR count). The van der Waals surface area contributed by atoms with Gasteiger partial charge in [0.2, 0.25) is 5.91 Å². The standard InChI is InChI=1S/C16H17BrN2O2/c1-11(20)19-13-5-3-12(4-6-13)10-18-16-9-14(21-2)7-8-15(16)17/h3-9,18H,10H2,1-2H3,(H,19,20). The second kappa shape index (κ2) is 7.13. The van der Waals surface area contributed by atoms with Gasteiger partial charge in [-0.1, -0.05) is 12.1 Å². The summed E-state index contributed by atoms with van der Waals surface area (Å²) in [4.78, 5) is 11.0. The Balaban J connectivity index is 2.01. The van der Waals surface area contributed by atoms with E-state index in [9.17, 15) is 4.79 Å². The predicted molar refractivity (Wildman–Crippen MR) is 88.8 cm³/mol. The van der Waals surface area contributed by atoms with Crippen LogP contribution < -0.4 is 15.4 Å². The Kier molecular flexibility index (Phi) is 5.22. The van der Waals surface area contributed by atoms with Gasteiger partial charge in [-0.2, -0.15) is 0 Å². The summed E-state index contributed by atoms with van der Waals surface area (Å²) in [5, 5.41) is 6.10. The molecule has 0 aliphatic heterocycles. The summed E-state index contributed by atoms with van der Waals surface area (Å²) in [6.07, 6.45) is 0. The quantitative estimate of drug-likeness (QED) is 0.857. The van der Waals surface area contributed by atoms with Crippen LogP contribution in [-0.4, -0.2) is 13.0 Å². The molecule has 0 fully saturated rings. The average molecular weight is 349 g/mol. The summed E-state index contributed by atoms with van der Waals surface area (Å²) in [5.74, 6) is 0.739. The van der Waals surface area contributed by atoms with Crippen molar-refractivity contribution < 1.29 is 9.53 Å². The van der Waals surface area contributed by atoms with Crippen LogP contribution >= 0.6 is 15.9 Å². The molecule has 2 N–H and O–H groups in total. The van der Waals surface area contributed by atoms with Gasteiger partial charge in [-0.05, 0) is 45.8 Å². The molecular weight excluding hydrogens is 332 g/mol. The van der Waals surface area contributed by atoms with E-state index in [0.29, 0.717) is 6.54 Å². The smallest absolute Gasteiger partial charge is 0.221 e. The minimum Gasteiger partial charge on any atom is -0.497 e. The van der Waals surface area contributed by atoms with Crippen molar-refractivity contribution in [2.24, 2.45) is 0 Å². The molecule has 21 heavy (non-hydrogen) atoms. The fraction of sp³-hybridized carbons (Fsp3) is 0.188. The topological polar surface area (TPSA) is 50.4 Å². The fourth-order valence-corrected chi connectivity index (χ4v) is 2.26. The van der Waals surface area contributed by atoms with Crippen molar-refractivity contribution in [3.8, 4) is 5.75 Å². The Morgan fingerprint density at radius 1 is 1.19 bits per heavy atom. The van der Waals surface area contributed by atoms with Crippen LogP contribution in [0.15, 0.2) is 46.9 Å². The number of carbonyl (C=O) groups excluding carboxylic acids is 1. The van der Waals surface area contributed by atoms with Crippen LogP contribution in [0.3, 0.4) is 0 Å². The van der Waals surface area contributed by atoms with E-state index < -0.39 is 0 Å². The minimum atomic E-state index is -0.0683. The van der Waals surface area contributed by atoms with Crippen LogP contribution in [-0.2, 0) is 11.3 Å². The third-order valence-electron chi connectivity index (χ3n) is 2.93. The molecule has 2 aromatic carbocycles. The van der Waals surface area contributed by atoms with Crippen molar-refractivity contribution in [1.29, 1.82) is 0 Å². The number of halogens is 1. The number of hydrogen-bond donors (Lipinski definition) is 2. The van der Waals surface area contributed by atoms with Gasteiger partial charge in [-0.25, -0.2) is 0 Å². The van der Waals surface area contributed by atoms with Gasteiger partial charge in [0, 0.05) is 29.7 Å². The number of benzene rings is 2.